The van der Waals surface area contributed by atoms with Gasteiger partial charge in [-0.25, -0.2) is 4.39 Å². The van der Waals surface area contributed by atoms with E-state index in [1.807, 2.05) is 45.0 Å². The van der Waals surface area contributed by atoms with Crippen LogP contribution in [0.25, 0.3) is 16.7 Å². The zero-order valence-electron chi connectivity index (χ0n) is 18.9. The van der Waals surface area contributed by atoms with Crippen molar-refractivity contribution in [2.24, 2.45) is 5.41 Å². The van der Waals surface area contributed by atoms with Crippen molar-refractivity contribution in [1.29, 1.82) is 5.26 Å². The van der Waals surface area contributed by atoms with Crippen molar-refractivity contribution in [3.8, 4) is 17.9 Å². The van der Waals surface area contributed by atoms with E-state index in [2.05, 4.69) is 33.0 Å². The first-order chi connectivity index (χ1) is 15.9. The molecule has 0 unspecified atom stereocenters. The molecule has 0 bridgehead atoms. The van der Waals surface area contributed by atoms with Gasteiger partial charge in [-0.1, -0.05) is 24.0 Å². The van der Waals surface area contributed by atoms with E-state index in [1.165, 1.54) is 6.07 Å². The average molecular weight is 439 g/mol. The van der Waals surface area contributed by atoms with Crippen LogP contribution in [0.4, 0.5) is 15.9 Å². The molecule has 0 aliphatic carbocycles. The summed E-state index contributed by atoms with van der Waals surface area (Å²) >= 11 is 0. The van der Waals surface area contributed by atoms with Crippen molar-refractivity contribution in [1.82, 2.24) is 19.6 Å². The van der Waals surface area contributed by atoms with E-state index in [1.54, 1.807) is 10.5 Å². The Balaban J connectivity index is 1.76. The largest absolute Gasteiger partial charge is 0.325 e. The van der Waals surface area contributed by atoms with Gasteiger partial charge >= 0.3 is 0 Å². The second-order valence-corrected chi connectivity index (χ2v) is 8.85. The molecule has 4 aromatic rings. The summed E-state index contributed by atoms with van der Waals surface area (Å²) in [4.78, 5) is 6.86. The molecule has 0 saturated carbocycles. The molecule has 0 N–H and O–H groups in total. The first kappa shape index (κ1) is 20.9. The summed E-state index contributed by atoms with van der Waals surface area (Å²) in [6, 6.07) is 13.2. The Bertz CT molecular complexity index is 1500. The highest BCUT2D eigenvalue weighted by Crippen LogP contribution is 2.38. The maximum atomic E-state index is 15.2. The molecule has 0 saturated heterocycles. The van der Waals surface area contributed by atoms with E-state index in [4.69, 9.17) is 4.98 Å². The van der Waals surface area contributed by atoms with E-state index in [0.717, 1.165) is 36.1 Å². The third kappa shape index (κ3) is 3.56. The predicted octanol–water partition coefficient (Wildman–Crippen LogP) is 5.10. The monoisotopic (exact) mass is 438 g/mol. The SMILES string of the molecule is Cc1nnc2nc(N3CCCCc4c(C#CC(C)(C)C#N)cccc43)c3c(F)cccc3n12. The maximum absolute atomic E-state index is 15.2. The molecule has 0 atom stereocenters. The Hall–Kier alpha value is -3.97. The third-order valence-corrected chi connectivity index (χ3v) is 6.02. The minimum Gasteiger partial charge on any atom is -0.325 e. The van der Waals surface area contributed by atoms with Gasteiger partial charge in [0, 0.05) is 17.8 Å². The van der Waals surface area contributed by atoms with E-state index < -0.39 is 5.41 Å². The van der Waals surface area contributed by atoms with Gasteiger partial charge in [0.05, 0.1) is 17.0 Å². The molecule has 1 aliphatic heterocycles. The quantitative estimate of drug-likeness (QED) is 0.387. The molecule has 2 aromatic heterocycles. The minimum absolute atomic E-state index is 0.331. The zero-order chi connectivity index (χ0) is 23.2. The second-order valence-electron chi connectivity index (χ2n) is 8.85. The summed E-state index contributed by atoms with van der Waals surface area (Å²) in [6.45, 7) is 6.15. The first-order valence-corrected chi connectivity index (χ1v) is 11.0. The number of hydrogen-bond donors (Lipinski definition) is 0. The lowest BCUT2D eigenvalue weighted by atomic mass is 9.95. The average Bonchev–Trinajstić information content (AvgIpc) is 3.05. The highest BCUT2D eigenvalue weighted by molar-refractivity contribution is 5.94. The molecule has 0 fully saturated rings. The van der Waals surface area contributed by atoms with Crippen molar-refractivity contribution >= 4 is 28.2 Å². The molecule has 0 spiro atoms. The summed E-state index contributed by atoms with van der Waals surface area (Å²) in [6.07, 6.45) is 2.77. The molecule has 7 heteroatoms. The summed E-state index contributed by atoms with van der Waals surface area (Å²) < 4.78 is 17.0. The standard InChI is InChI=1S/C26H23FN6/c1-17-30-31-25-29-24(23-20(27)10-7-12-22(23)33(17)25)32-15-5-4-9-19-18(8-6-11-21(19)32)13-14-26(2,3)16-28/h6-8,10-12H,4-5,9,15H2,1-3H3. The number of benzene rings is 2. The van der Waals surface area contributed by atoms with Gasteiger partial charge in [0.1, 0.15) is 22.9 Å². The van der Waals surface area contributed by atoms with Crippen LogP contribution in [-0.4, -0.2) is 26.1 Å². The molecule has 1 aliphatic rings. The van der Waals surface area contributed by atoms with Crippen LogP contribution in [0.1, 0.15) is 43.6 Å². The van der Waals surface area contributed by atoms with Gasteiger partial charge in [0.15, 0.2) is 0 Å². The number of aryl methyl sites for hydroxylation is 1. The van der Waals surface area contributed by atoms with Gasteiger partial charge in [-0.05, 0) is 69.9 Å². The van der Waals surface area contributed by atoms with Gasteiger partial charge in [0.2, 0.25) is 0 Å². The van der Waals surface area contributed by atoms with Gasteiger partial charge in [-0.3, -0.25) is 4.40 Å². The first-order valence-electron chi connectivity index (χ1n) is 11.0. The Kier molecular flexibility index (Phi) is 4.98. The van der Waals surface area contributed by atoms with Gasteiger partial charge in [-0.2, -0.15) is 10.2 Å². The van der Waals surface area contributed by atoms with Crippen molar-refractivity contribution in [3.63, 3.8) is 0 Å². The summed E-state index contributed by atoms with van der Waals surface area (Å²) in [7, 11) is 0. The fraction of sp³-hybridized carbons (Fsp3) is 0.308. The summed E-state index contributed by atoms with van der Waals surface area (Å²) in [5.41, 5.74) is 2.92. The fourth-order valence-corrected chi connectivity index (χ4v) is 4.34. The smallest absolute Gasteiger partial charge is 0.257 e. The van der Waals surface area contributed by atoms with Crippen LogP contribution in [0.5, 0.6) is 0 Å². The Labute approximate surface area is 191 Å². The number of aromatic nitrogens is 4. The minimum atomic E-state index is -0.732. The Morgan fingerprint density at radius 1 is 1.09 bits per heavy atom. The van der Waals surface area contributed by atoms with Crippen molar-refractivity contribution in [2.45, 2.75) is 40.0 Å². The lowest BCUT2D eigenvalue weighted by molar-refractivity contribution is 0.638. The molecule has 6 nitrogen and oxygen atoms in total. The van der Waals surface area contributed by atoms with Crippen LogP contribution >= 0.6 is 0 Å². The number of hydrogen-bond acceptors (Lipinski definition) is 5. The number of rotatable bonds is 1. The fourth-order valence-electron chi connectivity index (χ4n) is 4.34. The molecular formula is C26H23FN6. The topological polar surface area (TPSA) is 70.1 Å². The van der Waals surface area contributed by atoms with Crippen LogP contribution < -0.4 is 4.90 Å². The summed E-state index contributed by atoms with van der Waals surface area (Å²) in [5.74, 6) is 7.62. The lowest BCUT2D eigenvalue weighted by Crippen LogP contribution is -2.21. The molecule has 33 heavy (non-hydrogen) atoms. The number of anilines is 2. The van der Waals surface area contributed by atoms with Crippen LogP contribution in [0, 0.1) is 41.3 Å². The van der Waals surface area contributed by atoms with E-state index >= 15 is 4.39 Å². The third-order valence-electron chi connectivity index (χ3n) is 6.02. The number of fused-ring (bicyclic) bond motifs is 4. The molecule has 2 aromatic carbocycles. The molecular weight excluding hydrogens is 415 g/mol. The normalized spacial score (nSPS) is 13.8. The van der Waals surface area contributed by atoms with Crippen molar-refractivity contribution in [3.05, 3.63) is 59.2 Å². The second kappa shape index (κ2) is 7.86. The van der Waals surface area contributed by atoms with Gasteiger partial charge in [0.25, 0.3) is 5.78 Å². The van der Waals surface area contributed by atoms with Crippen LogP contribution in [0.3, 0.4) is 0 Å². The van der Waals surface area contributed by atoms with Crippen LogP contribution in [0.2, 0.25) is 0 Å². The van der Waals surface area contributed by atoms with Crippen molar-refractivity contribution < 1.29 is 4.39 Å². The Morgan fingerprint density at radius 3 is 2.73 bits per heavy atom. The number of nitriles is 1. The van der Waals surface area contributed by atoms with Gasteiger partial charge < -0.3 is 4.90 Å². The molecule has 164 valence electrons. The lowest BCUT2D eigenvalue weighted by Gasteiger charge is -2.26. The number of halogens is 1. The van der Waals surface area contributed by atoms with E-state index in [0.29, 0.717) is 34.9 Å². The highest BCUT2D eigenvalue weighted by atomic mass is 19.1. The molecule has 5 rings (SSSR count). The van der Waals surface area contributed by atoms with Crippen LogP contribution in [-0.2, 0) is 6.42 Å². The molecule has 0 radical (unpaired) electrons. The molecule has 3 heterocycles. The summed E-state index contributed by atoms with van der Waals surface area (Å²) in [5, 5.41) is 18.2. The van der Waals surface area contributed by atoms with Crippen molar-refractivity contribution in [2.75, 3.05) is 11.4 Å². The predicted molar refractivity (Wildman–Crippen MR) is 126 cm³/mol. The maximum Gasteiger partial charge on any atom is 0.257 e. The van der Waals surface area contributed by atoms with Crippen LogP contribution in [0.15, 0.2) is 36.4 Å². The zero-order valence-corrected chi connectivity index (χ0v) is 18.9. The highest BCUT2D eigenvalue weighted by Gasteiger charge is 2.25. The Morgan fingerprint density at radius 2 is 1.91 bits per heavy atom. The molecule has 0 amide bonds. The van der Waals surface area contributed by atoms with Gasteiger partial charge in [-0.15, -0.1) is 10.2 Å². The van der Waals surface area contributed by atoms with E-state index in [-0.39, 0.29) is 5.82 Å². The van der Waals surface area contributed by atoms with E-state index in [9.17, 15) is 5.26 Å². The number of nitrogens with zero attached hydrogens (tertiary/aromatic N) is 6.